The Hall–Kier alpha value is -0.730. The topological polar surface area (TPSA) is 26.3 Å². The molecule has 0 aliphatic carbocycles. The highest BCUT2D eigenvalue weighted by Crippen LogP contribution is 2.23. The van der Waals surface area contributed by atoms with Crippen LogP contribution in [0.15, 0.2) is 24.3 Å². The van der Waals surface area contributed by atoms with Gasteiger partial charge in [0.1, 0.15) is 5.75 Å². The van der Waals surface area contributed by atoms with Crippen molar-refractivity contribution in [1.82, 2.24) is 0 Å². The molecule has 0 bridgehead atoms. The van der Waals surface area contributed by atoms with Crippen molar-refractivity contribution in [3.63, 3.8) is 0 Å². The van der Waals surface area contributed by atoms with E-state index in [0.717, 1.165) is 0 Å². The molecule has 0 atom stereocenters. The average Bonchev–Trinajstić information content (AvgIpc) is 2.09. The molecule has 1 rings (SSSR count). The van der Waals surface area contributed by atoms with Crippen LogP contribution in [0.25, 0.3) is 0 Å². The molecule has 0 unspecified atom stereocenters. The smallest absolute Gasteiger partial charge is 0.310 e. The van der Waals surface area contributed by atoms with Crippen LogP contribution in [0.3, 0.4) is 0 Å². The first-order valence-corrected chi connectivity index (χ1v) is 4.07. The van der Waals surface area contributed by atoms with Gasteiger partial charge in [-0.15, -0.1) is 12.4 Å². The maximum atomic E-state index is 10.9. The standard InChI is InChI=1S/C9H9ClO2.ClH/c1-2-9(11)12-8-6-4-3-5-7(8)10;/h3-6H,2H2,1H3;1H. The minimum atomic E-state index is -0.275. The van der Waals surface area contributed by atoms with Crippen LogP contribution in [0.1, 0.15) is 13.3 Å². The van der Waals surface area contributed by atoms with E-state index in [0.29, 0.717) is 17.2 Å². The first-order chi connectivity index (χ1) is 5.74. The van der Waals surface area contributed by atoms with Gasteiger partial charge in [-0.05, 0) is 12.1 Å². The first-order valence-electron chi connectivity index (χ1n) is 3.69. The Morgan fingerprint density at radius 3 is 2.62 bits per heavy atom. The fourth-order valence-electron chi connectivity index (χ4n) is 0.722. The van der Waals surface area contributed by atoms with E-state index in [9.17, 15) is 4.79 Å². The van der Waals surface area contributed by atoms with Gasteiger partial charge in [-0.25, -0.2) is 0 Å². The van der Waals surface area contributed by atoms with Crippen molar-refractivity contribution in [1.29, 1.82) is 0 Å². The Morgan fingerprint density at radius 1 is 1.46 bits per heavy atom. The number of rotatable bonds is 2. The summed E-state index contributed by atoms with van der Waals surface area (Å²) in [5, 5.41) is 0.458. The van der Waals surface area contributed by atoms with Crippen LogP contribution in [0, 0.1) is 0 Å². The second-order valence-corrected chi connectivity index (χ2v) is 2.67. The van der Waals surface area contributed by atoms with Gasteiger partial charge in [0.05, 0.1) is 5.02 Å². The molecule has 72 valence electrons. The van der Waals surface area contributed by atoms with Gasteiger partial charge in [0, 0.05) is 6.42 Å². The van der Waals surface area contributed by atoms with Crippen LogP contribution in [0.5, 0.6) is 5.75 Å². The molecule has 0 aliphatic heterocycles. The van der Waals surface area contributed by atoms with Crippen LogP contribution in [0.2, 0.25) is 5.02 Å². The van der Waals surface area contributed by atoms with Gasteiger partial charge in [0.2, 0.25) is 0 Å². The van der Waals surface area contributed by atoms with Gasteiger partial charge in [0.25, 0.3) is 0 Å². The zero-order valence-corrected chi connectivity index (χ0v) is 8.69. The molecule has 0 heterocycles. The molecule has 0 aliphatic rings. The summed E-state index contributed by atoms with van der Waals surface area (Å²) < 4.78 is 4.92. The molecular weight excluding hydrogens is 211 g/mol. The highest BCUT2D eigenvalue weighted by Gasteiger charge is 2.03. The number of halogens is 2. The Bertz CT molecular complexity index is 287. The summed E-state index contributed by atoms with van der Waals surface area (Å²) >= 11 is 5.75. The molecule has 1 aromatic rings. The number of hydrogen-bond donors (Lipinski definition) is 0. The van der Waals surface area contributed by atoms with Crippen molar-refractivity contribution < 1.29 is 9.53 Å². The Labute approximate surface area is 88.3 Å². The van der Waals surface area contributed by atoms with Gasteiger partial charge in [0.15, 0.2) is 0 Å². The quantitative estimate of drug-likeness (QED) is 0.566. The van der Waals surface area contributed by atoms with Crippen LogP contribution in [0.4, 0.5) is 0 Å². The molecule has 1 aromatic carbocycles. The van der Waals surface area contributed by atoms with Crippen molar-refractivity contribution in [2.45, 2.75) is 13.3 Å². The summed E-state index contributed by atoms with van der Waals surface area (Å²) in [6.45, 7) is 1.74. The van der Waals surface area contributed by atoms with E-state index >= 15 is 0 Å². The van der Waals surface area contributed by atoms with Crippen LogP contribution >= 0.6 is 24.0 Å². The van der Waals surface area contributed by atoms with Gasteiger partial charge < -0.3 is 4.74 Å². The zero-order chi connectivity index (χ0) is 8.97. The van der Waals surface area contributed by atoms with E-state index in [1.54, 1.807) is 31.2 Å². The normalized spacial score (nSPS) is 8.77. The number of benzene rings is 1. The second kappa shape index (κ2) is 5.84. The van der Waals surface area contributed by atoms with Crippen molar-refractivity contribution >= 4 is 30.0 Å². The number of para-hydroxylation sites is 1. The molecule has 0 N–H and O–H groups in total. The summed E-state index contributed by atoms with van der Waals surface area (Å²) in [5.41, 5.74) is 0. The fourth-order valence-corrected chi connectivity index (χ4v) is 0.897. The number of carbonyl (C=O) groups is 1. The van der Waals surface area contributed by atoms with Crippen molar-refractivity contribution in [2.24, 2.45) is 0 Å². The van der Waals surface area contributed by atoms with Crippen molar-refractivity contribution in [3.8, 4) is 5.75 Å². The van der Waals surface area contributed by atoms with Crippen LogP contribution in [-0.4, -0.2) is 5.97 Å². The first kappa shape index (κ1) is 12.3. The lowest BCUT2D eigenvalue weighted by Crippen LogP contribution is -2.05. The predicted molar refractivity (Wildman–Crippen MR) is 54.6 cm³/mol. The molecule has 0 aromatic heterocycles. The van der Waals surface area contributed by atoms with Gasteiger partial charge >= 0.3 is 5.97 Å². The maximum Gasteiger partial charge on any atom is 0.310 e. The molecular formula is C9H10Cl2O2. The minimum Gasteiger partial charge on any atom is -0.425 e. The lowest BCUT2D eigenvalue weighted by molar-refractivity contribution is -0.134. The SMILES string of the molecule is CCC(=O)Oc1ccccc1Cl.Cl. The van der Waals surface area contributed by atoms with Crippen LogP contribution in [-0.2, 0) is 4.79 Å². The van der Waals surface area contributed by atoms with Gasteiger partial charge in [-0.2, -0.15) is 0 Å². The summed E-state index contributed by atoms with van der Waals surface area (Å²) in [7, 11) is 0. The van der Waals surface area contributed by atoms with Crippen molar-refractivity contribution in [3.05, 3.63) is 29.3 Å². The van der Waals surface area contributed by atoms with E-state index in [-0.39, 0.29) is 18.4 Å². The molecule has 0 spiro atoms. The molecule has 13 heavy (non-hydrogen) atoms. The molecule has 2 nitrogen and oxygen atoms in total. The summed E-state index contributed by atoms with van der Waals surface area (Å²) in [6.07, 6.45) is 0.352. The highest BCUT2D eigenvalue weighted by molar-refractivity contribution is 6.32. The predicted octanol–water partition coefficient (Wildman–Crippen LogP) is 3.08. The summed E-state index contributed by atoms with van der Waals surface area (Å²) in [4.78, 5) is 10.9. The summed E-state index contributed by atoms with van der Waals surface area (Å²) in [6, 6.07) is 6.89. The summed E-state index contributed by atoms with van der Waals surface area (Å²) in [5.74, 6) is 0.147. The molecule has 0 radical (unpaired) electrons. The van der Waals surface area contributed by atoms with E-state index in [1.807, 2.05) is 0 Å². The number of carbonyl (C=O) groups excluding carboxylic acids is 1. The lowest BCUT2D eigenvalue weighted by Gasteiger charge is -2.03. The van der Waals surface area contributed by atoms with Crippen LogP contribution < -0.4 is 4.74 Å². The minimum absolute atomic E-state index is 0. The molecule has 0 fully saturated rings. The number of hydrogen-bond acceptors (Lipinski definition) is 2. The van der Waals surface area contributed by atoms with Gasteiger partial charge in [-0.3, -0.25) is 4.79 Å². The maximum absolute atomic E-state index is 10.9. The highest BCUT2D eigenvalue weighted by atomic mass is 35.5. The van der Waals surface area contributed by atoms with Crippen molar-refractivity contribution in [2.75, 3.05) is 0 Å². The molecule has 4 heteroatoms. The van der Waals surface area contributed by atoms with E-state index in [4.69, 9.17) is 16.3 Å². The Balaban J connectivity index is 0.00000144. The largest absolute Gasteiger partial charge is 0.425 e. The average molecular weight is 221 g/mol. The fraction of sp³-hybridized carbons (Fsp3) is 0.222. The third-order valence-corrected chi connectivity index (χ3v) is 1.66. The Morgan fingerprint density at radius 2 is 2.08 bits per heavy atom. The van der Waals surface area contributed by atoms with E-state index < -0.39 is 0 Å². The van der Waals surface area contributed by atoms with E-state index in [1.165, 1.54) is 0 Å². The molecule has 0 saturated carbocycles. The zero-order valence-electron chi connectivity index (χ0n) is 7.12. The van der Waals surface area contributed by atoms with Gasteiger partial charge in [-0.1, -0.05) is 30.7 Å². The third kappa shape index (κ3) is 3.66. The second-order valence-electron chi connectivity index (χ2n) is 2.26. The Kier molecular flexibility index (Phi) is 5.51. The van der Waals surface area contributed by atoms with E-state index in [2.05, 4.69) is 0 Å². The monoisotopic (exact) mass is 220 g/mol. The number of ether oxygens (including phenoxy) is 1. The lowest BCUT2D eigenvalue weighted by atomic mass is 10.3. The third-order valence-electron chi connectivity index (χ3n) is 1.35. The molecule has 0 saturated heterocycles. The number of esters is 1. The molecule has 0 amide bonds.